The number of benzene rings is 2. The Morgan fingerprint density at radius 2 is 1.89 bits per heavy atom. The summed E-state index contributed by atoms with van der Waals surface area (Å²) in [6.45, 7) is 0.843. The van der Waals surface area contributed by atoms with E-state index in [0.29, 0.717) is 30.9 Å². The normalized spacial score (nSPS) is 16.3. The first-order valence-electron chi connectivity index (χ1n) is 9.13. The maximum absolute atomic E-state index is 12.6. The largest absolute Gasteiger partial charge is 0.484 e. The van der Waals surface area contributed by atoms with E-state index in [9.17, 15) is 14.4 Å². The van der Waals surface area contributed by atoms with Crippen molar-refractivity contribution in [2.75, 3.05) is 25.0 Å². The lowest BCUT2D eigenvalue weighted by Crippen LogP contribution is -2.45. The molecule has 0 aliphatic carbocycles. The van der Waals surface area contributed by atoms with Gasteiger partial charge in [0.15, 0.2) is 6.61 Å². The average molecular weight is 382 g/mol. The molecule has 0 radical (unpaired) electrons. The summed E-state index contributed by atoms with van der Waals surface area (Å²) in [4.78, 5) is 37.7. The lowest BCUT2D eigenvalue weighted by Gasteiger charge is -2.32. The number of hydrogen-bond donors (Lipinski definition) is 2. The van der Waals surface area contributed by atoms with Gasteiger partial charge >= 0.3 is 5.97 Å². The minimum atomic E-state index is -1.05. The van der Waals surface area contributed by atoms with E-state index in [1.54, 1.807) is 29.2 Å². The van der Waals surface area contributed by atoms with E-state index < -0.39 is 5.97 Å². The first-order chi connectivity index (χ1) is 13.5. The number of carbonyl (C=O) groups excluding carboxylic acids is 2. The maximum Gasteiger partial charge on any atom is 0.335 e. The summed E-state index contributed by atoms with van der Waals surface area (Å²) >= 11 is 0. The number of ether oxygens (including phenoxy) is 1. The van der Waals surface area contributed by atoms with Gasteiger partial charge in [0.1, 0.15) is 5.75 Å². The van der Waals surface area contributed by atoms with Crippen LogP contribution in [0.4, 0.5) is 5.69 Å². The molecule has 1 heterocycles. The van der Waals surface area contributed by atoms with E-state index in [0.717, 1.165) is 6.42 Å². The zero-order chi connectivity index (χ0) is 19.9. The van der Waals surface area contributed by atoms with E-state index in [4.69, 9.17) is 9.84 Å². The molecule has 1 aliphatic heterocycles. The molecule has 0 bridgehead atoms. The summed E-state index contributed by atoms with van der Waals surface area (Å²) in [7, 11) is 0. The molecule has 2 N–H and O–H groups in total. The number of aromatic carboxylic acids is 1. The molecule has 2 aromatic rings. The molecule has 0 aromatic heterocycles. The molecule has 28 heavy (non-hydrogen) atoms. The number of para-hydroxylation sites is 1. The Kier molecular flexibility index (Phi) is 6.26. The SMILES string of the molecule is O=C(O)c1cccc(NC(=O)C2CCCN(C(=O)COc3ccccc3)C2)c1. The van der Waals surface area contributed by atoms with E-state index >= 15 is 0 Å². The van der Waals surface area contributed by atoms with Gasteiger partial charge in [-0.15, -0.1) is 0 Å². The zero-order valence-electron chi connectivity index (χ0n) is 15.3. The number of amides is 2. The van der Waals surface area contributed by atoms with Crippen molar-refractivity contribution in [2.24, 2.45) is 5.92 Å². The van der Waals surface area contributed by atoms with Crippen molar-refractivity contribution in [3.8, 4) is 5.75 Å². The number of nitrogens with zero attached hydrogens (tertiary/aromatic N) is 1. The molecule has 3 rings (SSSR count). The predicted molar refractivity (Wildman–Crippen MR) is 103 cm³/mol. The molecule has 146 valence electrons. The predicted octanol–water partition coefficient (Wildman–Crippen LogP) is 2.64. The summed E-state index contributed by atoms with van der Waals surface area (Å²) in [6.07, 6.45) is 1.40. The van der Waals surface area contributed by atoms with Gasteiger partial charge in [-0.3, -0.25) is 9.59 Å². The van der Waals surface area contributed by atoms with Crippen LogP contribution >= 0.6 is 0 Å². The maximum atomic E-state index is 12.6. The van der Waals surface area contributed by atoms with Gasteiger partial charge < -0.3 is 20.1 Å². The fourth-order valence-corrected chi connectivity index (χ4v) is 3.15. The zero-order valence-corrected chi connectivity index (χ0v) is 15.3. The Labute approximate surface area is 162 Å². The van der Waals surface area contributed by atoms with Crippen LogP contribution in [0, 0.1) is 5.92 Å². The van der Waals surface area contributed by atoms with Gasteiger partial charge in [0.2, 0.25) is 5.91 Å². The number of anilines is 1. The summed E-state index contributed by atoms with van der Waals surface area (Å²) in [5.74, 6) is -1.15. The van der Waals surface area contributed by atoms with Crippen LogP contribution < -0.4 is 10.1 Å². The fourth-order valence-electron chi connectivity index (χ4n) is 3.15. The Hall–Kier alpha value is -3.35. The molecular weight excluding hydrogens is 360 g/mol. The molecule has 1 saturated heterocycles. The number of piperidine rings is 1. The molecule has 1 aliphatic rings. The highest BCUT2D eigenvalue weighted by Gasteiger charge is 2.28. The summed E-state index contributed by atoms with van der Waals surface area (Å²) in [5.41, 5.74) is 0.539. The third-order valence-corrected chi connectivity index (χ3v) is 4.63. The van der Waals surface area contributed by atoms with Crippen molar-refractivity contribution in [1.29, 1.82) is 0 Å². The average Bonchev–Trinajstić information content (AvgIpc) is 2.73. The molecule has 7 heteroatoms. The van der Waals surface area contributed by atoms with Gasteiger partial charge in [0.05, 0.1) is 11.5 Å². The second-order valence-corrected chi connectivity index (χ2v) is 6.66. The molecule has 7 nitrogen and oxygen atoms in total. The van der Waals surface area contributed by atoms with Crippen LogP contribution in [0.1, 0.15) is 23.2 Å². The molecule has 1 atom stereocenters. The number of carboxylic acid groups (broad SMARTS) is 1. The van der Waals surface area contributed by atoms with E-state index in [1.165, 1.54) is 12.1 Å². The number of rotatable bonds is 6. The van der Waals surface area contributed by atoms with E-state index in [-0.39, 0.29) is 29.9 Å². The van der Waals surface area contributed by atoms with Crippen LogP contribution in [0.5, 0.6) is 5.75 Å². The highest BCUT2D eigenvalue weighted by Crippen LogP contribution is 2.20. The molecule has 2 amide bonds. The van der Waals surface area contributed by atoms with Gasteiger partial charge in [0.25, 0.3) is 5.91 Å². The van der Waals surface area contributed by atoms with Gasteiger partial charge in [-0.25, -0.2) is 4.79 Å². The number of carboxylic acids is 1. The van der Waals surface area contributed by atoms with Crippen molar-refractivity contribution in [2.45, 2.75) is 12.8 Å². The monoisotopic (exact) mass is 382 g/mol. The Balaban J connectivity index is 1.55. The summed E-state index contributed by atoms with van der Waals surface area (Å²) in [6, 6.07) is 15.2. The lowest BCUT2D eigenvalue weighted by atomic mass is 9.97. The van der Waals surface area contributed by atoms with Crippen LogP contribution in [-0.4, -0.2) is 47.5 Å². The highest BCUT2D eigenvalue weighted by molar-refractivity contribution is 5.95. The van der Waals surface area contributed by atoms with Crippen LogP contribution in [0.2, 0.25) is 0 Å². The van der Waals surface area contributed by atoms with E-state index in [1.807, 2.05) is 18.2 Å². The number of hydrogen-bond acceptors (Lipinski definition) is 4. The van der Waals surface area contributed by atoms with Crippen molar-refractivity contribution in [3.05, 3.63) is 60.2 Å². The van der Waals surface area contributed by atoms with Crippen molar-refractivity contribution >= 4 is 23.5 Å². The topological polar surface area (TPSA) is 95.9 Å². The Morgan fingerprint density at radius 1 is 1.11 bits per heavy atom. The molecule has 1 fully saturated rings. The van der Waals surface area contributed by atoms with Crippen LogP contribution in [-0.2, 0) is 9.59 Å². The highest BCUT2D eigenvalue weighted by atomic mass is 16.5. The first kappa shape index (κ1) is 19.4. The molecule has 0 spiro atoms. The minimum absolute atomic E-state index is 0.0704. The van der Waals surface area contributed by atoms with Crippen molar-refractivity contribution in [3.63, 3.8) is 0 Å². The first-order valence-corrected chi connectivity index (χ1v) is 9.13. The summed E-state index contributed by atoms with van der Waals surface area (Å²) < 4.78 is 5.50. The van der Waals surface area contributed by atoms with Crippen molar-refractivity contribution in [1.82, 2.24) is 4.90 Å². The molecule has 1 unspecified atom stereocenters. The lowest BCUT2D eigenvalue weighted by molar-refractivity contribution is -0.136. The Bertz CT molecular complexity index is 853. The molecule has 0 saturated carbocycles. The van der Waals surface area contributed by atoms with Gasteiger partial charge in [0, 0.05) is 18.8 Å². The number of carbonyl (C=O) groups is 3. The minimum Gasteiger partial charge on any atom is -0.484 e. The fraction of sp³-hybridized carbons (Fsp3) is 0.286. The Morgan fingerprint density at radius 3 is 2.64 bits per heavy atom. The van der Waals surface area contributed by atoms with Crippen molar-refractivity contribution < 1.29 is 24.2 Å². The summed E-state index contributed by atoms with van der Waals surface area (Å²) in [5, 5.41) is 11.8. The third-order valence-electron chi connectivity index (χ3n) is 4.63. The van der Waals surface area contributed by atoms with Crippen LogP contribution in [0.25, 0.3) is 0 Å². The van der Waals surface area contributed by atoms with Gasteiger partial charge in [-0.1, -0.05) is 24.3 Å². The number of likely N-dealkylation sites (tertiary alicyclic amines) is 1. The number of nitrogens with one attached hydrogen (secondary N) is 1. The standard InChI is InChI=1S/C21H22N2O5/c24-19(14-28-18-9-2-1-3-10-18)23-11-5-7-16(13-23)20(25)22-17-8-4-6-15(12-17)21(26)27/h1-4,6,8-10,12,16H,5,7,11,13-14H2,(H,22,25)(H,26,27). The molecular formula is C21H22N2O5. The second-order valence-electron chi connectivity index (χ2n) is 6.66. The van der Waals surface area contributed by atoms with Gasteiger partial charge in [-0.2, -0.15) is 0 Å². The van der Waals surface area contributed by atoms with Crippen LogP contribution in [0.15, 0.2) is 54.6 Å². The quantitative estimate of drug-likeness (QED) is 0.801. The smallest absolute Gasteiger partial charge is 0.335 e. The third kappa shape index (κ3) is 5.09. The second kappa shape index (κ2) is 9.03. The van der Waals surface area contributed by atoms with E-state index in [2.05, 4.69) is 5.32 Å². The molecule has 2 aromatic carbocycles. The van der Waals surface area contributed by atoms with Gasteiger partial charge in [-0.05, 0) is 43.2 Å². The van der Waals surface area contributed by atoms with Crippen LogP contribution in [0.3, 0.4) is 0 Å².